The van der Waals surface area contributed by atoms with Crippen LogP contribution in [-0.2, 0) is 6.54 Å². The fraction of sp³-hybridized carbons (Fsp3) is 0.438. The molecule has 1 aliphatic carbocycles. The summed E-state index contributed by atoms with van der Waals surface area (Å²) in [7, 11) is 1.64. The second-order valence-corrected chi connectivity index (χ2v) is 5.43. The zero-order chi connectivity index (χ0) is 14.7. The van der Waals surface area contributed by atoms with Crippen molar-refractivity contribution >= 4 is 16.9 Å². The molecule has 0 spiro atoms. The molecular formula is C16H21N3O2. The minimum atomic E-state index is 0.376. The minimum absolute atomic E-state index is 0.376. The van der Waals surface area contributed by atoms with Crippen LogP contribution in [0.2, 0.25) is 0 Å². The summed E-state index contributed by atoms with van der Waals surface area (Å²) in [6.45, 7) is 1.29. The third-order valence-corrected chi connectivity index (χ3v) is 4.01. The van der Waals surface area contributed by atoms with Gasteiger partial charge in [-0.05, 0) is 30.9 Å². The second-order valence-electron chi connectivity index (χ2n) is 5.43. The Hall–Kier alpha value is -2.17. The Morgan fingerprint density at radius 3 is 2.95 bits per heavy atom. The Bertz CT molecular complexity index is 644. The number of nitrogens with one attached hydrogen (secondary N) is 1. The van der Waals surface area contributed by atoms with E-state index in [4.69, 9.17) is 14.9 Å². The molecule has 112 valence electrons. The molecule has 3 N–H and O–H groups in total. The Labute approximate surface area is 124 Å². The molecule has 1 saturated carbocycles. The van der Waals surface area contributed by atoms with Crippen molar-refractivity contribution in [1.82, 2.24) is 5.32 Å². The lowest BCUT2D eigenvalue weighted by Crippen LogP contribution is -2.37. The molecule has 0 radical (unpaired) electrons. The lowest BCUT2D eigenvalue weighted by atomic mass is 9.85. The van der Waals surface area contributed by atoms with E-state index in [2.05, 4.69) is 10.3 Å². The monoisotopic (exact) mass is 287 g/mol. The third-order valence-electron chi connectivity index (χ3n) is 4.01. The quantitative estimate of drug-likeness (QED) is 0.655. The molecular weight excluding hydrogens is 266 g/mol. The number of para-hydroxylation sites is 1. The number of furan rings is 1. The van der Waals surface area contributed by atoms with Gasteiger partial charge in [0.1, 0.15) is 12.1 Å². The Kier molecular flexibility index (Phi) is 3.99. The van der Waals surface area contributed by atoms with Crippen LogP contribution >= 0.6 is 0 Å². The van der Waals surface area contributed by atoms with Gasteiger partial charge in [-0.15, -0.1) is 0 Å². The van der Waals surface area contributed by atoms with Gasteiger partial charge in [0.25, 0.3) is 0 Å². The van der Waals surface area contributed by atoms with Crippen LogP contribution in [-0.4, -0.2) is 19.6 Å². The topological polar surface area (TPSA) is 72.8 Å². The van der Waals surface area contributed by atoms with Crippen molar-refractivity contribution in [3.63, 3.8) is 0 Å². The summed E-state index contributed by atoms with van der Waals surface area (Å²) >= 11 is 0. The highest BCUT2D eigenvalue weighted by molar-refractivity contribution is 5.85. The van der Waals surface area contributed by atoms with Crippen LogP contribution in [0.3, 0.4) is 0 Å². The molecule has 0 atom stereocenters. The molecule has 5 heteroatoms. The number of benzene rings is 1. The summed E-state index contributed by atoms with van der Waals surface area (Å²) in [5.41, 5.74) is 6.70. The van der Waals surface area contributed by atoms with E-state index in [1.807, 2.05) is 24.3 Å². The lowest BCUT2D eigenvalue weighted by molar-refractivity contribution is 0.315. The summed E-state index contributed by atoms with van der Waals surface area (Å²) in [5, 5.41) is 4.14. The van der Waals surface area contributed by atoms with Gasteiger partial charge in [0, 0.05) is 6.54 Å². The van der Waals surface area contributed by atoms with Gasteiger partial charge in [0.2, 0.25) is 0 Å². The number of aliphatic imine (C=N–C) groups is 1. The minimum Gasteiger partial charge on any atom is -0.492 e. The van der Waals surface area contributed by atoms with Gasteiger partial charge in [-0.1, -0.05) is 18.6 Å². The summed E-state index contributed by atoms with van der Waals surface area (Å²) in [4.78, 5) is 4.34. The average Bonchev–Trinajstić information content (AvgIpc) is 2.81. The largest absolute Gasteiger partial charge is 0.492 e. The number of hydrogen-bond donors (Lipinski definition) is 2. The molecule has 1 fully saturated rings. The number of fused-ring (bicyclic) bond motifs is 1. The van der Waals surface area contributed by atoms with E-state index >= 15 is 0 Å². The molecule has 1 heterocycles. The van der Waals surface area contributed by atoms with Crippen molar-refractivity contribution < 1.29 is 9.15 Å². The predicted molar refractivity (Wildman–Crippen MR) is 83.4 cm³/mol. The van der Waals surface area contributed by atoms with Crippen LogP contribution in [0.4, 0.5) is 0 Å². The van der Waals surface area contributed by atoms with Crippen molar-refractivity contribution in [2.24, 2.45) is 16.6 Å². The standard InChI is InChI=1S/C16H21N3O2/c1-20-15-12-7-2-3-8-13(12)21-14(15)10-19-16(17)18-9-11-5-4-6-11/h2-3,7-8,11H,4-6,9-10H2,1H3,(H3,17,18,19). The highest BCUT2D eigenvalue weighted by Gasteiger charge is 2.17. The molecule has 1 aromatic carbocycles. The summed E-state index contributed by atoms with van der Waals surface area (Å²) in [6, 6.07) is 7.79. The van der Waals surface area contributed by atoms with Crippen molar-refractivity contribution in [3.8, 4) is 5.75 Å². The molecule has 0 aliphatic heterocycles. The fourth-order valence-corrected chi connectivity index (χ4v) is 2.56. The highest BCUT2D eigenvalue weighted by Crippen LogP contribution is 2.33. The van der Waals surface area contributed by atoms with Gasteiger partial charge < -0.3 is 20.2 Å². The zero-order valence-electron chi connectivity index (χ0n) is 12.3. The average molecular weight is 287 g/mol. The lowest BCUT2D eigenvalue weighted by Gasteiger charge is -2.25. The Morgan fingerprint density at radius 2 is 2.24 bits per heavy atom. The summed E-state index contributed by atoms with van der Waals surface area (Å²) in [5.74, 6) is 2.65. The molecule has 3 rings (SSSR count). The molecule has 1 aromatic heterocycles. The van der Waals surface area contributed by atoms with Gasteiger partial charge in [-0.25, -0.2) is 4.99 Å². The van der Waals surface area contributed by atoms with E-state index in [1.54, 1.807) is 7.11 Å². The molecule has 0 unspecified atom stereocenters. The van der Waals surface area contributed by atoms with Crippen LogP contribution in [0, 0.1) is 5.92 Å². The first kappa shape index (κ1) is 13.8. The van der Waals surface area contributed by atoms with E-state index in [0.717, 1.165) is 29.2 Å². The fourth-order valence-electron chi connectivity index (χ4n) is 2.56. The normalized spacial score (nSPS) is 16.0. The molecule has 2 aromatic rings. The Morgan fingerprint density at radius 1 is 1.43 bits per heavy atom. The molecule has 5 nitrogen and oxygen atoms in total. The first-order valence-electron chi connectivity index (χ1n) is 7.36. The maximum absolute atomic E-state index is 5.89. The van der Waals surface area contributed by atoms with Crippen LogP contribution in [0.25, 0.3) is 11.0 Å². The first-order chi connectivity index (χ1) is 10.3. The van der Waals surface area contributed by atoms with E-state index in [1.165, 1.54) is 19.3 Å². The number of nitrogens with two attached hydrogens (primary N) is 1. The Balaban J connectivity index is 1.68. The first-order valence-corrected chi connectivity index (χ1v) is 7.36. The van der Waals surface area contributed by atoms with E-state index in [0.29, 0.717) is 18.3 Å². The molecule has 0 amide bonds. The van der Waals surface area contributed by atoms with Gasteiger partial charge in [-0.2, -0.15) is 0 Å². The highest BCUT2D eigenvalue weighted by atomic mass is 16.5. The van der Waals surface area contributed by atoms with Crippen LogP contribution < -0.4 is 15.8 Å². The van der Waals surface area contributed by atoms with Crippen molar-refractivity contribution in [2.75, 3.05) is 13.7 Å². The van der Waals surface area contributed by atoms with Crippen LogP contribution in [0.15, 0.2) is 33.7 Å². The summed E-state index contributed by atoms with van der Waals surface area (Å²) < 4.78 is 11.2. The molecule has 1 aliphatic rings. The molecule has 0 bridgehead atoms. The summed E-state index contributed by atoms with van der Waals surface area (Å²) in [6.07, 6.45) is 3.91. The second kappa shape index (κ2) is 6.08. The maximum Gasteiger partial charge on any atom is 0.189 e. The number of nitrogens with zero attached hydrogens (tertiary/aromatic N) is 1. The van der Waals surface area contributed by atoms with Crippen molar-refractivity contribution in [2.45, 2.75) is 25.8 Å². The third kappa shape index (κ3) is 2.96. The van der Waals surface area contributed by atoms with Crippen molar-refractivity contribution in [1.29, 1.82) is 0 Å². The molecule has 0 saturated heterocycles. The maximum atomic E-state index is 5.89. The van der Waals surface area contributed by atoms with Crippen LogP contribution in [0.1, 0.15) is 25.0 Å². The number of methoxy groups -OCH3 is 1. The number of hydrogen-bond acceptors (Lipinski definition) is 3. The number of guanidine groups is 1. The SMILES string of the molecule is COc1c(CN=C(N)NCC2CCC2)oc2ccccc12. The number of ether oxygens (including phenoxy) is 1. The van der Waals surface area contributed by atoms with Crippen LogP contribution in [0.5, 0.6) is 5.75 Å². The van der Waals surface area contributed by atoms with Gasteiger partial charge in [-0.3, -0.25) is 0 Å². The number of rotatable bonds is 5. The van der Waals surface area contributed by atoms with Gasteiger partial charge in [0.05, 0.1) is 12.5 Å². The molecule has 21 heavy (non-hydrogen) atoms. The predicted octanol–water partition coefficient (Wildman–Crippen LogP) is 2.65. The smallest absolute Gasteiger partial charge is 0.189 e. The van der Waals surface area contributed by atoms with E-state index in [-0.39, 0.29) is 0 Å². The zero-order valence-corrected chi connectivity index (χ0v) is 12.3. The van der Waals surface area contributed by atoms with E-state index < -0.39 is 0 Å². The van der Waals surface area contributed by atoms with Gasteiger partial charge >= 0.3 is 0 Å². The van der Waals surface area contributed by atoms with Gasteiger partial charge in [0.15, 0.2) is 17.5 Å². The van der Waals surface area contributed by atoms with E-state index in [9.17, 15) is 0 Å². The van der Waals surface area contributed by atoms with Crippen molar-refractivity contribution in [3.05, 3.63) is 30.0 Å².